The minimum Gasteiger partial charge on any atom is -0.493 e. The quantitative estimate of drug-likeness (QED) is 0.738. The van der Waals surface area contributed by atoms with Gasteiger partial charge in [-0.05, 0) is 60.9 Å². The average molecular weight is 420 g/mol. The monoisotopic (exact) mass is 419 g/mol. The first kappa shape index (κ1) is 21.1. The minimum atomic E-state index is -3.76. The lowest BCUT2D eigenvalue weighted by Gasteiger charge is -2.33. The molecular weight excluding hydrogens is 394 g/mol. The van der Waals surface area contributed by atoms with Crippen molar-refractivity contribution < 1.29 is 22.7 Å². The fraction of sp³-hybridized carbons (Fsp3) is 0.350. The van der Waals surface area contributed by atoms with E-state index in [1.165, 1.54) is 29.8 Å². The first-order valence-electron chi connectivity index (χ1n) is 9.14. The molecule has 3 N–H and O–H groups in total. The number of rotatable bonds is 6. The average Bonchev–Trinajstić information content (AvgIpc) is 2.71. The van der Waals surface area contributed by atoms with E-state index in [1.807, 2.05) is 19.1 Å². The molecule has 1 aliphatic rings. The molecule has 1 heterocycles. The summed E-state index contributed by atoms with van der Waals surface area (Å²) in [5.74, 6) is 1.20. The molecule has 0 saturated heterocycles. The van der Waals surface area contributed by atoms with Crippen LogP contribution >= 0.6 is 0 Å². The molecule has 1 amide bonds. The van der Waals surface area contributed by atoms with Gasteiger partial charge in [0.1, 0.15) is 0 Å². The van der Waals surface area contributed by atoms with E-state index in [0.717, 1.165) is 18.5 Å². The van der Waals surface area contributed by atoms with Crippen molar-refractivity contribution in [1.82, 2.24) is 4.90 Å². The van der Waals surface area contributed by atoms with E-state index in [4.69, 9.17) is 14.6 Å². The summed E-state index contributed by atoms with van der Waals surface area (Å²) in [5, 5.41) is 7.91. The maximum atomic E-state index is 12.7. The molecule has 156 valence electrons. The van der Waals surface area contributed by atoms with Crippen molar-refractivity contribution in [2.75, 3.05) is 26.1 Å². The zero-order valence-electron chi connectivity index (χ0n) is 16.6. The highest BCUT2D eigenvalue weighted by Gasteiger charge is 2.26. The van der Waals surface area contributed by atoms with Gasteiger partial charge < -0.3 is 14.8 Å². The third-order valence-electron chi connectivity index (χ3n) is 5.13. The van der Waals surface area contributed by atoms with Crippen molar-refractivity contribution in [3.63, 3.8) is 0 Å². The number of anilines is 1. The molecule has 0 radical (unpaired) electrons. The molecule has 0 saturated carbocycles. The molecule has 0 unspecified atom stereocenters. The van der Waals surface area contributed by atoms with Gasteiger partial charge in [-0.15, -0.1) is 0 Å². The Hall–Kier alpha value is -2.62. The Bertz CT molecular complexity index is 1010. The Kier molecular flexibility index (Phi) is 6.11. The highest BCUT2D eigenvalue weighted by Crippen LogP contribution is 2.33. The molecule has 2 aromatic carbocycles. The maximum absolute atomic E-state index is 12.7. The number of amides is 1. The number of fused-ring (bicyclic) bond motifs is 1. The Balaban J connectivity index is 1.69. The summed E-state index contributed by atoms with van der Waals surface area (Å²) in [7, 11) is -0.549. The number of methoxy groups -OCH3 is 2. The molecule has 0 spiro atoms. The number of sulfonamides is 1. The molecule has 29 heavy (non-hydrogen) atoms. The Morgan fingerprint density at radius 3 is 2.24 bits per heavy atom. The van der Waals surface area contributed by atoms with Crippen molar-refractivity contribution in [1.29, 1.82) is 0 Å². The second-order valence-corrected chi connectivity index (χ2v) is 8.49. The Morgan fingerprint density at radius 1 is 1.10 bits per heavy atom. The summed E-state index contributed by atoms with van der Waals surface area (Å²) < 4.78 is 33.4. The van der Waals surface area contributed by atoms with Crippen LogP contribution < -0.4 is 19.9 Å². The third kappa shape index (κ3) is 4.69. The van der Waals surface area contributed by atoms with Crippen molar-refractivity contribution in [3.8, 4) is 11.5 Å². The van der Waals surface area contributed by atoms with Gasteiger partial charge in [-0.1, -0.05) is 0 Å². The van der Waals surface area contributed by atoms with Crippen LogP contribution in [-0.4, -0.2) is 46.0 Å². The van der Waals surface area contributed by atoms with E-state index in [-0.39, 0.29) is 16.8 Å². The van der Waals surface area contributed by atoms with E-state index in [9.17, 15) is 13.2 Å². The molecular formula is C20H25N3O5S. The highest BCUT2D eigenvalue weighted by molar-refractivity contribution is 7.89. The number of primary sulfonamides is 1. The van der Waals surface area contributed by atoms with Crippen LogP contribution in [0.1, 0.15) is 18.1 Å². The van der Waals surface area contributed by atoms with E-state index < -0.39 is 10.0 Å². The lowest BCUT2D eigenvalue weighted by Crippen LogP contribution is -2.44. The second kappa shape index (κ2) is 8.40. The van der Waals surface area contributed by atoms with Crippen LogP contribution in [0.15, 0.2) is 41.3 Å². The first-order valence-corrected chi connectivity index (χ1v) is 10.7. The summed E-state index contributed by atoms with van der Waals surface area (Å²) in [6, 6.07) is 9.35. The number of carbonyl (C=O) groups excluding carboxylic acids is 1. The van der Waals surface area contributed by atoms with Crippen LogP contribution in [0.5, 0.6) is 11.5 Å². The number of ether oxygens (including phenoxy) is 2. The highest BCUT2D eigenvalue weighted by atomic mass is 32.2. The number of carbonyl (C=O) groups is 1. The molecule has 3 rings (SSSR count). The predicted molar refractivity (Wildman–Crippen MR) is 110 cm³/mol. The largest absolute Gasteiger partial charge is 0.493 e. The van der Waals surface area contributed by atoms with Gasteiger partial charge in [0.25, 0.3) is 0 Å². The lowest BCUT2D eigenvalue weighted by atomic mass is 9.97. The van der Waals surface area contributed by atoms with Crippen LogP contribution in [0.2, 0.25) is 0 Å². The van der Waals surface area contributed by atoms with Gasteiger partial charge in [-0.25, -0.2) is 13.6 Å². The standard InChI is InChI=1S/C20H25N3O5S/c1-13(20(24)22-16-4-6-17(7-5-16)29(21,25)26)23-9-8-14-10-18(27-2)19(28-3)11-15(14)12-23/h4-7,10-11,13H,8-9,12H2,1-3H3,(H,22,24)(H2,21,25,26)/t13-/m0/s1. The molecule has 0 bridgehead atoms. The topological polar surface area (TPSA) is 111 Å². The van der Waals surface area contributed by atoms with E-state index >= 15 is 0 Å². The first-order chi connectivity index (χ1) is 13.7. The minimum absolute atomic E-state index is 0.000519. The smallest absolute Gasteiger partial charge is 0.241 e. The molecule has 8 nitrogen and oxygen atoms in total. The lowest BCUT2D eigenvalue weighted by molar-refractivity contribution is -0.121. The van der Waals surface area contributed by atoms with Gasteiger partial charge in [0.2, 0.25) is 15.9 Å². The summed E-state index contributed by atoms with van der Waals surface area (Å²) in [6.07, 6.45) is 0.802. The number of nitrogens with two attached hydrogens (primary N) is 1. The van der Waals surface area contributed by atoms with Gasteiger partial charge in [-0.3, -0.25) is 9.69 Å². The van der Waals surface area contributed by atoms with Crippen LogP contribution in [0, 0.1) is 0 Å². The van der Waals surface area contributed by atoms with Gasteiger partial charge in [-0.2, -0.15) is 0 Å². The number of hydrogen-bond acceptors (Lipinski definition) is 6. The normalized spacial score (nSPS) is 15.3. The number of nitrogens with zero attached hydrogens (tertiary/aromatic N) is 1. The van der Waals surface area contributed by atoms with E-state index in [2.05, 4.69) is 10.2 Å². The third-order valence-corrected chi connectivity index (χ3v) is 6.05. The van der Waals surface area contributed by atoms with E-state index in [1.54, 1.807) is 14.2 Å². The summed E-state index contributed by atoms with van der Waals surface area (Å²) in [6.45, 7) is 3.20. The Morgan fingerprint density at radius 2 is 1.69 bits per heavy atom. The summed E-state index contributed by atoms with van der Waals surface area (Å²) in [4.78, 5) is 14.8. The van der Waals surface area contributed by atoms with Gasteiger partial charge >= 0.3 is 0 Å². The molecule has 1 atom stereocenters. The van der Waals surface area contributed by atoms with Crippen LogP contribution in [0.25, 0.3) is 0 Å². The Labute approximate surface area is 170 Å². The predicted octanol–water partition coefficient (Wildman–Crippen LogP) is 1.74. The van der Waals surface area contributed by atoms with Crippen LogP contribution in [0.4, 0.5) is 5.69 Å². The van der Waals surface area contributed by atoms with Crippen molar-refractivity contribution in [3.05, 3.63) is 47.5 Å². The SMILES string of the molecule is COc1cc2c(cc1OC)CN([C@@H](C)C(=O)Nc1ccc(S(N)(=O)=O)cc1)CC2. The maximum Gasteiger partial charge on any atom is 0.241 e. The van der Waals surface area contributed by atoms with Crippen molar-refractivity contribution >= 4 is 21.6 Å². The van der Waals surface area contributed by atoms with Gasteiger partial charge in [0.15, 0.2) is 11.5 Å². The van der Waals surface area contributed by atoms with Crippen LogP contribution in [0.3, 0.4) is 0 Å². The van der Waals surface area contributed by atoms with Gasteiger partial charge in [0, 0.05) is 18.8 Å². The number of nitrogens with one attached hydrogen (secondary N) is 1. The zero-order chi connectivity index (χ0) is 21.2. The molecule has 1 aliphatic heterocycles. The van der Waals surface area contributed by atoms with Crippen molar-refractivity contribution in [2.24, 2.45) is 5.14 Å². The second-order valence-electron chi connectivity index (χ2n) is 6.93. The summed E-state index contributed by atoms with van der Waals surface area (Å²) >= 11 is 0. The number of benzene rings is 2. The summed E-state index contributed by atoms with van der Waals surface area (Å²) in [5.41, 5.74) is 2.80. The fourth-order valence-electron chi connectivity index (χ4n) is 3.38. The van der Waals surface area contributed by atoms with Crippen molar-refractivity contribution in [2.45, 2.75) is 30.8 Å². The fourth-order valence-corrected chi connectivity index (χ4v) is 3.89. The zero-order valence-corrected chi connectivity index (χ0v) is 17.5. The molecule has 0 aliphatic carbocycles. The number of hydrogen-bond donors (Lipinski definition) is 2. The molecule has 9 heteroatoms. The van der Waals surface area contributed by atoms with Gasteiger partial charge in [0.05, 0.1) is 25.2 Å². The molecule has 0 aromatic heterocycles. The molecule has 0 fully saturated rings. The molecule has 2 aromatic rings. The van der Waals surface area contributed by atoms with E-state index in [0.29, 0.717) is 23.7 Å². The van der Waals surface area contributed by atoms with Crippen LogP contribution in [-0.2, 0) is 27.8 Å².